The number of benzene rings is 2. The lowest BCUT2D eigenvalue weighted by atomic mass is 10.1. The summed E-state index contributed by atoms with van der Waals surface area (Å²) in [6.45, 7) is 8.95. The van der Waals surface area contributed by atoms with E-state index in [4.69, 9.17) is 9.53 Å². The zero-order valence-corrected chi connectivity index (χ0v) is 17.9. The van der Waals surface area contributed by atoms with Crippen LogP contribution in [0.5, 0.6) is 0 Å². The molecule has 0 amide bonds. The summed E-state index contributed by atoms with van der Waals surface area (Å²) in [6, 6.07) is 21.2. The Balaban J connectivity index is 2.36. The van der Waals surface area contributed by atoms with Gasteiger partial charge in [-0.05, 0) is 35.2 Å². The van der Waals surface area contributed by atoms with Crippen molar-refractivity contribution in [1.82, 2.24) is 0 Å². The van der Waals surface area contributed by atoms with Crippen molar-refractivity contribution in [2.75, 3.05) is 0 Å². The van der Waals surface area contributed by atoms with Gasteiger partial charge in [0.2, 0.25) is 0 Å². The molecule has 1 unspecified atom stereocenters. The number of unbranched alkanes of at least 4 members (excludes halogenated alkanes) is 1. The van der Waals surface area contributed by atoms with Gasteiger partial charge in [-0.3, -0.25) is 4.79 Å². The van der Waals surface area contributed by atoms with Gasteiger partial charge in [-0.15, -0.1) is 0 Å². The third-order valence-electron chi connectivity index (χ3n) is 5.05. The summed E-state index contributed by atoms with van der Waals surface area (Å²) in [6.07, 6.45) is 2.74. The lowest BCUT2D eigenvalue weighted by Crippen LogP contribution is -2.67. The van der Waals surface area contributed by atoms with Crippen LogP contribution in [0.3, 0.4) is 0 Å². The summed E-state index contributed by atoms with van der Waals surface area (Å²) in [5, 5.41) is 11.4. The Morgan fingerprint density at radius 3 is 1.85 bits per heavy atom. The molecule has 27 heavy (non-hydrogen) atoms. The van der Waals surface area contributed by atoms with Crippen LogP contribution in [0.25, 0.3) is 0 Å². The monoisotopic (exact) mass is 384 g/mol. The number of rotatable bonds is 9. The standard InChI is InChI=1S/C23H32O3Si/c1-19(13-11-12-18-22(24)25)26-27(23(2,3)4,20-14-7-5-8-15-20)21-16-9-6-10-17-21/h5-10,14-17,19H,11-13,18H2,1-4H3,(H,24,25). The van der Waals surface area contributed by atoms with Crippen molar-refractivity contribution in [2.45, 2.75) is 64.5 Å². The molecule has 2 aromatic rings. The number of hydrogen-bond donors (Lipinski definition) is 1. The predicted molar refractivity (Wildman–Crippen MR) is 114 cm³/mol. The summed E-state index contributed by atoms with van der Waals surface area (Å²) < 4.78 is 6.97. The van der Waals surface area contributed by atoms with Gasteiger partial charge in [0.15, 0.2) is 0 Å². The molecule has 0 bridgehead atoms. The molecule has 1 atom stereocenters. The molecule has 0 heterocycles. The molecule has 0 aliphatic carbocycles. The number of aliphatic carboxylic acids is 1. The van der Waals surface area contributed by atoms with E-state index in [2.05, 4.69) is 76.2 Å². The Labute approximate surface area is 164 Å². The van der Waals surface area contributed by atoms with E-state index in [-0.39, 0.29) is 17.6 Å². The summed E-state index contributed by atoms with van der Waals surface area (Å²) in [5.41, 5.74) is 0. The van der Waals surface area contributed by atoms with Crippen molar-refractivity contribution in [2.24, 2.45) is 0 Å². The molecular weight excluding hydrogens is 352 g/mol. The summed E-state index contributed by atoms with van der Waals surface area (Å²) in [5.74, 6) is -0.726. The number of carboxylic acid groups (broad SMARTS) is 1. The maximum Gasteiger partial charge on any atom is 0.303 e. The first-order valence-corrected chi connectivity index (χ1v) is 11.7. The topological polar surface area (TPSA) is 46.5 Å². The Morgan fingerprint density at radius 1 is 0.963 bits per heavy atom. The lowest BCUT2D eigenvalue weighted by Gasteiger charge is -2.44. The van der Waals surface area contributed by atoms with Crippen molar-refractivity contribution in [3.63, 3.8) is 0 Å². The Bertz CT molecular complexity index is 668. The molecule has 0 saturated heterocycles. The molecule has 1 N–H and O–H groups in total. The molecule has 0 aliphatic heterocycles. The molecule has 0 spiro atoms. The minimum Gasteiger partial charge on any atom is -0.481 e. The van der Waals surface area contributed by atoms with Crippen molar-refractivity contribution < 1.29 is 14.3 Å². The summed E-state index contributed by atoms with van der Waals surface area (Å²) in [4.78, 5) is 10.7. The van der Waals surface area contributed by atoms with Crippen LogP contribution in [-0.2, 0) is 9.22 Å². The van der Waals surface area contributed by atoms with Crippen LogP contribution in [0, 0.1) is 0 Å². The first-order chi connectivity index (χ1) is 12.8. The zero-order chi connectivity index (χ0) is 19.9. The second kappa shape index (κ2) is 9.33. The van der Waals surface area contributed by atoms with Gasteiger partial charge >= 0.3 is 5.97 Å². The fourth-order valence-electron chi connectivity index (χ4n) is 3.76. The van der Waals surface area contributed by atoms with Gasteiger partial charge in [0, 0.05) is 12.5 Å². The van der Waals surface area contributed by atoms with Crippen LogP contribution in [0.1, 0.15) is 53.4 Å². The average molecular weight is 385 g/mol. The molecule has 0 saturated carbocycles. The van der Waals surface area contributed by atoms with Gasteiger partial charge in [-0.1, -0.05) is 87.9 Å². The second-order valence-corrected chi connectivity index (χ2v) is 12.5. The highest BCUT2D eigenvalue weighted by molar-refractivity contribution is 6.99. The quantitative estimate of drug-likeness (QED) is 0.508. The van der Waals surface area contributed by atoms with E-state index in [1.165, 1.54) is 10.4 Å². The highest BCUT2D eigenvalue weighted by Crippen LogP contribution is 2.37. The van der Waals surface area contributed by atoms with Gasteiger partial charge in [0.05, 0.1) is 0 Å². The SMILES string of the molecule is CC(CCCCC(=O)O)O[Si](c1ccccc1)(c1ccccc1)C(C)(C)C. The first-order valence-electron chi connectivity index (χ1n) is 9.78. The van der Waals surface area contributed by atoms with E-state index in [0.717, 1.165) is 12.8 Å². The zero-order valence-electron chi connectivity index (χ0n) is 16.9. The van der Waals surface area contributed by atoms with E-state index in [1.807, 2.05) is 12.1 Å². The van der Waals surface area contributed by atoms with Crippen molar-refractivity contribution in [3.8, 4) is 0 Å². The Hall–Kier alpha value is -1.91. The summed E-state index contributed by atoms with van der Waals surface area (Å²) >= 11 is 0. The molecule has 0 radical (unpaired) electrons. The highest BCUT2D eigenvalue weighted by atomic mass is 28.4. The van der Waals surface area contributed by atoms with Gasteiger partial charge in [-0.2, -0.15) is 0 Å². The van der Waals surface area contributed by atoms with Crippen molar-refractivity contribution in [1.29, 1.82) is 0 Å². The van der Waals surface area contributed by atoms with E-state index in [0.29, 0.717) is 6.42 Å². The largest absolute Gasteiger partial charge is 0.481 e. The molecule has 0 aromatic heterocycles. The summed E-state index contributed by atoms with van der Waals surface area (Å²) in [7, 11) is -2.51. The fourth-order valence-corrected chi connectivity index (χ4v) is 8.50. The van der Waals surface area contributed by atoms with Crippen LogP contribution in [0.15, 0.2) is 60.7 Å². The highest BCUT2D eigenvalue weighted by Gasteiger charge is 2.50. The van der Waals surface area contributed by atoms with E-state index in [9.17, 15) is 4.79 Å². The van der Waals surface area contributed by atoms with Crippen LogP contribution in [0.4, 0.5) is 0 Å². The molecule has 3 nitrogen and oxygen atoms in total. The van der Waals surface area contributed by atoms with E-state index in [1.54, 1.807) is 0 Å². The third kappa shape index (κ3) is 5.30. The lowest BCUT2D eigenvalue weighted by molar-refractivity contribution is -0.137. The van der Waals surface area contributed by atoms with Gasteiger partial charge < -0.3 is 9.53 Å². The molecule has 0 fully saturated rings. The number of carbonyl (C=O) groups is 1. The minimum atomic E-state index is -2.51. The smallest absolute Gasteiger partial charge is 0.303 e. The number of hydrogen-bond acceptors (Lipinski definition) is 2. The fraction of sp³-hybridized carbons (Fsp3) is 0.435. The molecule has 2 aromatic carbocycles. The third-order valence-corrected chi connectivity index (χ3v) is 10.2. The molecule has 2 rings (SSSR count). The van der Waals surface area contributed by atoms with Gasteiger partial charge in [0.25, 0.3) is 8.32 Å². The maximum atomic E-state index is 10.7. The predicted octanol–water partition coefficient (Wildman–Crippen LogP) is 4.60. The van der Waals surface area contributed by atoms with E-state index >= 15 is 0 Å². The first kappa shape index (κ1) is 21.4. The minimum absolute atomic E-state index is 0.0367. The Kier molecular flexibility index (Phi) is 7.39. The van der Waals surface area contributed by atoms with Crippen LogP contribution in [0.2, 0.25) is 5.04 Å². The average Bonchev–Trinajstić information content (AvgIpc) is 2.63. The van der Waals surface area contributed by atoms with Crippen LogP contribution in [-0.4, -0.2) is 25.5 Å². The van der Waals surface area contributed by atoms with Crippen molar-refractivity contribution in [3.05, 3.63) is 60.7 Å². The van der Waals surface area contributed by atoms with Crippen molar-refractivity contribution >= 4 is 24.7 Å². The number of carboxylic acids is 1. The Morgan fingerprint density at radius 2 is 1.44 bits per heavy atom. The molecule has 0 aliphatic rings. The van der Waals surface area contributed by atoms with E-state index < -0.39 is 14.3 Å². The van der Waals surface area contributed by atoms with Gasteiger partial charge in [-0.25, -0.2) is 0 Å². The normalized spacial score (nSPS) is 13.3. The maximum absolute atomic E-state index is 10.7. The molecule has 146 valence electrons. The molecule has 4 heteroatoms. The van der Waals surface area contributed by atoms with Gasteiger partial charge in [0.1, 0.15) is 0 Å². The molecular formula is C23H32O3Si. The van der Waals surface area contributed by atoms with Crippen LogP contribution >= 0.6 is 0 Å². The van der Waals surface area contributed by atoms with Crippen LogP contribution < -0.4 is 10.4 Å². The second-order valence-electron chi connectivity index (χ2n) is 8.23.